The van der Waals surface area contributed by atoms with Crippen LogP contribution >= 0.6 is 0 Å². The Labute approximate surface area is 228 Å². The Morgan fingerprint density at radius 1 is 0.725 bits per heavy atom. The molecule has 0 radical (unpaired) electrons. The fourth-order valence-corrected chi connectivity index (χ4v) is 4.05. The van der Waals surface area contributed by atoms with Crippen LogP contribution in [0.4, 0.5) is 26.2 Å². The van der Waals surface area contributed by atoms with Gasteiger partial charge in [0.1, 0.15) is 17.1 Å². The van der Waals surface area contributed by atoms with Crippen molar-refractivity contribution in [3.8, 4) is 5.75 Å². The van der Waals surface area contributed by atoms with Crippen molar-refractivity contribution in [3.05, 3.63) is 126 Å². The molecule has 4 aromatic carbocycles. The highest BCUT2D eigenvalue weighted by molar-refractivity contribution is 6.46. The normalized spacial score (nSPS) is 13.3. The van der Waals surface area contributed by atoms with Crippen LogP contribution in [0.15, 0.2) is 115 Å². The van der Waals surface area contributed by atoms with Crippen molar-refractivity contribution in [1.29, 1.82) is 0 Å². The number of hydrogen-bond donors (Lipinski definition) is 1. The zero-order valence-corrected chi connectivity index (χ0v) is 21.0. The van der Waals surface area contributed by atoms with E-state index in [0.29, 0.717) is 28.4 Å². The van der Waals surface area contributed by atoms with Crippen LogP contribution in [-0.4, -0.2) is 30.4 Å². The molecule has 1 fully saturated rings. The van der Waals surface area contributed by atoms with Crippen molar-refractivity contribution in [1.82, 2.24) is 0 Å². The van der Waals surface area contributed by atoms with Gasteiger partial charge in [0.2, 0.25) is 0 Å². The van der Waals surface area contributed by atoms with E-state index in [1.807, 2.05) is 0 Å². The molecule has 4 aromatic rings. The first-order valence-electron chi connectivity index (χ1n) is 12.2. The van der Waals surface area contributed by atoms with Crippen LogP contribution in [0.2, 0.25) is 0 Å². The van der Waals surface area contributed by atoms with Crippen molar-refractivity contribution in [2.75, 3.05) is 21.7 Å². The summed E-state index contributed by atoms with van der Waals surface area (Å²) in [5.74, 6) is -1.95. The lowest BCUT2D eigenvalue weighted by atomic mass is 10.0. The number of hydrogen-bond acceptors (Lipinski definition) is 5. The number of para-hydroxylation sites is 2. The molecule has 0 unspecified atom stereocenters. The predicted molar refractivity (Wildman–Crippen MR) is 148 cm³/mol. The summed E-state index contributed by atoms with van der Waals surface area (Å²) in [6.45, 7) is -0.283. The van der Waals surface area contributed by atoms with Crippen molar-refractivity contribution < 1.29 is 28.3 Å². The molecule has 0 aliphatic carbocycles. The molecule has 9 heteroatoms. The van der Waals surface area contributed by atoms with Crippen molar-refractivity contribution in [2.24, 2.45) is 0 Å². The maximum absolute atomic E-state index is 13.4. The topological polar surface area (TPSA) is 96.0 Å². The summed E-state index contributed by atoms with van der Waals surface area (Å²) in [4.78, 5) is 54.3. The molecule has 0 saturated carbocycles. The molecule has 5 rings (SSSR count). The van der Waals surface area contributed by atoms with Crippen LogP contribution in [0, 0.1) is 5.82 Å². The molecule has 40 heavy (non-hydrogen) atoms. The summed E-state index contributed by atoms with van der Waals surface area (Å²) in [5, 5.41) is 2.60. The second-order valence-corrected chi connectivity index (χ2v) is 8.71. The van der Waals surface area contributed by atoms with E-state index in [-0.39, 0.29) is 12.2 Å². The molecule has 1 N–H and O–H groups in total. The van der Waals surface area contributed by atoms with E-state index >= 15 is 0 Å². The van der Waals surface area contributed by atoms with E-state index < -0.39 is 29.6 Å². The number of carbonyl (C=O) groups is 4. The highest BCUT2D eigenvalue weighted by atomic mass is 19.1. The average Bonchev–Trinajstić information content (AvgIpc) is 2.97. The monoisotopic (exact) mass is 535 g/mol. The van der Waals surface area contributed by atoms with Gasteiger partial charge < -0.3 is 10.1 Å². The summed E-state index contributed by atoms with van der Waals surface area (Å²) < 4.78 is 18.5. The number of ether oxygens (including phenoxy) is 1. The Morgan fingerprint density at radius 2 is 1.25 bits per heavy atom. The standard InChI is InChI=1S/C31H22FN3O5/c32-22-13-15-23(16-14-22)33-28(36)20-40-26-17-11-21(12-18-26)19-27-29(37)34(24-7-3-1-4-8-24)31(39)35(30(27)38)25-9-5-2-6-10-25/h1-19H,20H2,(H,33,36). The number of rotatable bonds is 7. The van der Waals surface area contributed by atoms with Crippen molar-refractivity contribution >= 4 is 46.9 Å². The van der Waals surface area contributed by atoms with Gasteiger partial charge in [-0.05, 0) is 72.3 Å². The van der Waals surface area contributed by atoms with E-state index in [4.69, 9.17) is 4.74 Å². The molecule has 198 valence electrons. The van der Waals surface area contributed by atoms with Gasteiger partial charge in [-0.25, -0.2) is 19.0 Å². The Kier molecular flexibility index (Phi) is 7.45. The number of amides is 5. The lowest BCUT2D eigenvalue weighted by Crippen LogP contribution is -2.57. The fourth-order valence-electron chi connectivity index (χ4n) is 4.05. The molecule has 0 aromatic heterocycles. The number of barbiturate groups is 1. The molecule has 8 nitrogen and oxygen atoms in total. The molecule has 0 bridgehead atoms. The first-order valence-corrected chi connectivity index (χ1v) is 12.2. The lowest BCUT2D eigenvalue weighted by molar-refractivity contribution is -0.121. The van der Waals surface area contributed by atoms with Gasteiger partial charge in [0, 0.05) is 5.69 Å². The van der Waals surface area contributed by atoms with Crippen LogP contribution in [-0.2, 0) is 14.4 Å². The second kappa shape index (κ2) is 11.4. The van der Waals surface area contributed by atoms with E-state index in [9.17, 15) is 23.6 Å². The smallest absolute Gasteiger partial charge is 0.343 e. The number of benzene rings is 4. The minimum Gasteiger partial charge on any atom is -0.484 e. The molecule has 0 spiro atoms. The maximum atomic E-state index is 13.4. The molecule has 5 amide bonds. The number of nitrogens with one attached hydrogen (secondary N) is 1. The van der Waals surface area contributed by atoms with Gasteiger partial charge in [-0.15, -0.1) is 0 Å². The minimum absolute atomic E-state index is 0.195. The van der Waals surface area contributed by atoms with E-state index in [1.54, 1.807) is 84.9 Å². The third-order valence-corrected chi connectivity index (χ3v) is 5.97. The summed E-state index contributed by atoms with van der Waals surface area (Å²) in [7, 11) is 0. The molecule has 1 aliphatic heterocycles. The van der Waals surface area contributed by atoms with Crippen LogP contribution in [0.3, 0.4) is 0 Å². The van der Waals surface area contributed by atoms with Gasteiger partial charge in [-0.1, -0.05) is 48.5 Å². The Hall–Kier alpha value is -5.57. The van der Waals surface area contributed by atoms with E-state index in [2.05, 4.69) is 5.32 Å². The Morgan fingerprint density at radius 3 is 1.77 bits per heavy atom. The van der Waals surface area contributed by atoms with Crippen molar-refractivity contribution in [2.45, 2.75) is 0 Å². The second-order valence-electron chi connectivity index (χ2n) is 8.71. The first-order chi connectivity index (χ1) is 19.4. The first kappa shape index (κ1) is 26.1. The van der Waals surface area contributed by atoms with Gasteiger partial charge in [0.05, 0.1) is 11.4 Å². The largest absolute Gasteiger partial charge is 0.484 e. The van der Waals surface area contributed by atoms with E-state index in [1.165, 1.54) is 30.3 Å². The zero-order valence-electron chi connectivity index (χ0n) is 21.0. The van der Waals surface area contributed by atoms with Gasteiger partial charge in [-0.2, -0.15) is 0 Å². The quantitative estimate of drug-likeness (QED) is 0.252. The fraction of sp³-hybridized carbons (Fsp3) is 0.0323. The van der Waals surface area contributed by atoms with Crippen LogP contribution in [0.25, 0.3) is 6.08 Å². The Bertz CT molecular complexity index is 1520. The molecule has 0 atom stereocenters. The van der Waals surface area contributed by atoms with Crippen LogP contribution < -0.4 is 19.9 Å². The summed E-state index contributed by atoms with van der Waals surface area (Å²) >= 11 is 0. The third-order valence-electron chi connectivity index (χ3n) is 5.97. The van der Waals surface area contributed by atoms with Crippen LogP contribution in [0.1, 0.15) is 5.56 Å². The molecular formula is C31H22FN3O5. The number of anilines is 3. The molecular weight excluding hydrogens is 513 g/mol. The number of nitrogens with zero attached hydrogens (tertiary/aromatic N) is 2. The van der Waals surface area contributed by atoms with Crippen LogP contribution in [0.5, 0.6) is 5.75 Å². The average molecular weight is 536 g/mol. The highest BCUT2D eigenvalue weighted by Gasteiger charge is 2.43. The molecule has 1 heterocycles. The maximum Gasteiger partial charge on any atom is 0.343 e. The molecule has 1 saturated heterocycles. The van der Waals surface area contributed by atoms with Gasteiger partial charge >= 0.3 is 6.03 Å². The minimum atomic E-state index is -0.771. The SMILES string of the molecule is O=C(COc1ccc(C=C2C(=O)N(c3ccccc3)C(=O)N(c3ccccc3)C2=O)cc1)Nc1ccc(F)cc1. The van der Waals surface area contributed by atoms with E-state index in [0.717, 1.165) is 9.80 Å². The zero-order chi connectivity index (χ0) is 28.1. The van der Waals surface area contributed by atoms with Crippen molar-refractivity contribution in [3.63, 3.8) is 0 Å². The van der Waals surface area contributed by atoms with Gasteiger partial charge in [0.15, 0.2) is 6.61 Å². The lowest BCUT2D eigenvalue weighted by Gasteiger charge is -2.33. The van der Waals surface area contributed by atoms with Gasteiger partial charge in [-0.3, -0.25) is 14.4 Å². The third kappa shape index (κ3) is 5.63. The predicted octanol–water partition coefficient (Wildman–Crippen LogP) is 5.43. The van der Waals surface area contributed by atoms with Gasteiger partial charge in [0.25, 0.3) is 17.7 Å². The number of urea groups is 1. The number of halogens is 1. The summed E-state index contributed by atoms with van der Waals surface area (Å²) in [6, 6.07) is 27.8. The highest BCUT2D eigenvalue weighted by Crippen LogP contribution is 2.29. The number of carbonyl (C=O) groups excluding carboxylic acids is 4. The number of imide groups is 2. The molecule has 1 aliphatic rings. The summed E-state index contributed by atoms with van der Waals surface area (Å²) in [5.41, 5.74) is 1.42. The summed E-state index contributed by atoms with van der Waals surface area (Å²) in [6.07, 6.45) is 1.41. The Balaban J connectivity index is 1.36.